The fourth-order valence-electron chi connectivity index (χ4n) is 1.32. The lowest BCUT2D eigenvalue weighted by molar-refractivity contribution is -0.137. The Morgan fingerprint density at radius 2 is 2.21 bits per heavy atom. The maximum Gasteiger partial charge on any atom is 0.303 e. The molecule has 1 rings (SSSR count). The van der Waals surface area contributed by atoms with E-state index in [9.17, 15) is 4.79 Å². The normalized spacial score (nSPS) is 10.9. The Bertz CT molecular complexity index is 328. The van der Waals surface area contributed by atoms with Crippen LogP contribution >= 0.6 is 0 Å². The monoisotopic (exact) mass is 197 g/mol. The van der Waals surface area contributed by atoms with Gasteiger partial charge in [-0.15, -0.1) is 0 Å². The van der Waals surface area contributed by atoms with Crippen LogP contribution in [0.25, 0.3) is 0 Å². The van der Waals surface area contributed by atoms with Crippen molar-refractivity contribution in [1.82, 2.24) is 4.98 Å². The maximum atomic E-state index is 10.3. The van der Waals surface area contributed by atoms with Crippen molar-refractivity contribution >= 4 is 5.97 Å². The quantitative estimate of drug-likeness (QED) is 0.803. The van der Waals surface area contributed by atoms with Crippen LogP contribution in [0, 0.1) is 6.92 Å². The minimum Gasteiger partial charge on any atom is -0.481 e. The second-order valence-corrected chi connectivity index (χ2v) is 3.61. The van der Waals surface area contributed by atoms with E-state index >= 15 is 0 Å². The van der Waals surface area contributed by atoms with Gasteiger partial charge in [-0.2, -0.15) is 0 Å². The number of rotatable bonds is 4. The fourth-order valence-corrected chi connectivity index (χ4v) is 1.32. The summed E-state index contributed by atoms with van der Waals surface area (Å²) < 4.78 is 5.45. The molecule has 0 aliphatic heterocycles. The average molecular weight is 197 g/mol. The van der Waals surface area contributed by atoms with Gasteiger partial charge in [0.2, 0.25) is 0 Å². The van der Waals surface area contributed by atoms with Crippen molar-refractivity contribution in [1.29, 1.82) is 0 Å². The van der Waals surface area contributed by atoms with Gasteiger partial charge < -0.3 is 9.52 Å². The van der Waals surface area contributed by atoms with E-state index in [2.05, 4.69) is 4.98 Å². The number of carboxylic acid groups (broad SMARTS) is 1. The summed E-state index contributed by atoms with van der Waals surface area (Å²) in [5, 5.41) is 8.49. The Hall–Kier alpha value is -1.32. The number of carboxylic acids is 1. The third-order valence-electron chi connectivity index (χ3n) is 1.95. The van der Waals surface area contributed by atoms with Gasteiger partial charge in [0.05, 0.1) is 12.1 Å². The summed E-state index contributed by atoms with van der Waals surface area (Å²) in [6, 6.07) is 0. The molecule has 1 aromatic rings. The van der Waals surface area contributed by atoms with E-state index in [0.29, 0.717) is 18.2 Å². The zero-order valence-corrected chi connectivity index (χ0v) is 8.70. The highest BCUT2D eigenvalue weighted by molar-refractivity contribution is 5.66. The third kappa shape index (κ3) is 2.58. The molecule has 14 heavy (non-hydrogen) atoms. The first-order chi connectivity index (χ1) is 6.50. The average Bonchev–Trinajstić information content (AvgIpc) is 2.43. The molecule has 0 saturated carbocycles. The van der Waals surface area contributed by atoms with Crippen LogP contribution in [0.2, 0.25) is 0 Å². The van der Waals surface area contributed by atoms with E-state index in [1.54, 1.807) is 0 Å². The van der Waals surface area contributed by atoms with Gasteiger partial charge in [0.15, 0.2) is 5.89 Å². The van der Waals surface area contributed by atoms with E-state index < -0.39 is 5.97 Å². The molecule has 1 heterocycles. The van der Waals surface area contributed by atoms with Crippen molar-refractivity contribution in [3.05, 3.63) is 17.3 Å². The van der Waals surface area contributed by atoms with Gasteiger partial charge in [0.1, 0.15) is 5.76 Å². The number of hydrogen-bond donors (Lipinski definition) is 1. The molecule has 0 aliphatic rings. The van der Waals surface area contributed by atoms with E-state index in [1.807, 2.05) is 20.8 Å². The van der Waals surface area contributed by atoms with Crippen LogP contribution < -0.4 is 0 Å². The molecule has 4 nitrogen and oxygen atoms in total. The maximum absolute atomic E-state index is 10.3. The van der Waals surface area contributed by atoms with Gasteiger partial charge in [-0.25, -0.2) is 4.98 Å². The lowest BCUT2D eigenvalue weighted by Gasteiger charge is -1.98. The number of aliphatic carboxylic acids is 1. The van der Waals surface area contributed by atoms with Crippen LogP contribution in [-0.2, 0) is 11.2 Å². The van der Waals surface area contributed by atoms with Crippen molar-refractivity contribution in [2.45, 2.75) is 39.5 Å². The molecule has 0 atom stereocenters. The van der Waals surface area contributed by atoms with E-state index in [1.165, 1.54) is 0 Å². The van der Waals surface area contributed by atoms with E-state index in [0.717, 1.165) is 11.5 Å². The van der Waals surface area contributed by atoms with Gasteiger partial charge in [0, 0.05) is 12.3 Å². The van der Waals surface area contributed by atoms with Gasteiger partial charge in [0.25, 0.3) is 0 Å². The van der Waals surface area contributed by atoms with Crippen LogP contribution in [-0.4, -0.2) is 16.1 Å². The van der Waals surface area contributed by atoms with E-state index in [-0.39, 0.29) is 6.42 Å². The highest BCUT2D eigenvalue weighted by Gasteiger charge is 2.13. The summed E-state index contributed by atoms with van der Waals surface area (Å²) in [6.45, 7) is 5.92. The first kappa shape index (κ1) is 10.8. The van der Waals surface area contributed by atoms with Gasteiger partial charge >= 0.3 is 5.97 Å². The summed E-state index contributed by atoms with van der Waals surface area (Å²) in [6.07, 6.45) is 0.431. The zero-order chi connectivity index (χ0) is 10.7. The predicted octanol–water partition coefficient (Wildman–Crippen LogP) is 2.12. The topological polar surface area (TPSA) is 63.3 Å². The van der Waals surface area contributed by atoms with Gasteiger partial charge in [-0.1, -0.05) is 13.8 Å². The number of carbonyl (C=O) groups is 1. The number of aromatic nitrogens is 1. The molecule has 0 amide bonds. The minimum absolute atomic E-state index is 0.0670. The predicted molar refractivity (Wildman–Crippen MR) is 51.3 cm³/mol. The summed E-state index contributed by atoms with van der Waals surface area (Å²) in [4.78, 5) is 14.5. The van der Waals surface area contributed by atoms with Crippen molar-refractivity contribution in [2.75, 3.05) is 0 Å². The number of hydrogen-bond acceptors (Lipinski definition) is 3. The molecule has 1 aromatic heterocycles. The Morgan fingerprint density at radius 1 is 1.57 bits per heavy atom. The summed E-state index contributed by atoms with van der Waals surface area (Å²) in [5.74, 6) is 0.840. The molecule has 0 aliphatic carbocycles. The Morgan fingerprint density at radius 3 is 2.64 bits per heavy atom. The molecule has 0 bridgehead atoms. The molecule has 0 saturated heterocycles. The second-order valence-electron chi connectivity index (χ2n) is 3.61. The number of aryl methyl sites for hydroxylation is 2. The molecular weight excluding hydrogens is 182 g/mol. The van der Waals surface area contributed by atoms with Crippen molar-refractivity contribution in [3.8, 4) is 0 Å². The molecule has 0 unspecified atom stereocenters. The van der Waals surface area contributed by atoms with Crippen molar-refractivity contribution in [2.24, 2.45) is 0 Å². The van der Waals surface area contributed by atoms with Gasteiger partial charge in [-0.05, 0) is 6.92 Å². The number of nitrogens with zero attached hydrogens (tertiary/aromatic N) is 1. The summed E-state index contributed by atoms with van der Waals surface area (Å²) in [7, 11) is 0. The summed E-state index contributed by atoms with van der Waals surface area (Å²) in [5.41, 5.74) is 0.861. The van der Waals surface area contributed by atoms with Crippen LogP contribution in [0.15, 0.2) is 4.42 Å². The van der Waals surface area contributed by atoms with Crippen LogP contribution in [0.5, 0.6) is 0 Å². The van der Waals surface area contributed by atoms with Gasteiger partial charge in [-0.3, -0.25) is 4.79 Å². The molecular formula is C10H15NO3. The Labute approximate surface area is 83.0 Å². The SMILES string of the molecule is Cc1nc(CCC(=O)O)oc1C(C)C. The van der Waals surface area contributed by atoms with Crippen LogP contribution in [0.3, 0.4) is 0 Å². The Kier molecular flexibility index (Phi) is 3.28. The first-order valence-corrected chi connectivity index (χ1v) is 4.68. The molecule has 4 heteroatoms. The Balaban J connectivity index is 2.71. The third-order valence-corrected chi connectivity index (χ3v) is 1.95. The molecule has 0 fully saturated rings. The second kappa shape index (κ2) is 4.26. The van der Waals surface area contributed by atoms with Crippen LogP contribution in [0.4, 0.5) is 0 Å². The zero-order valence-electron chi connectivity index (χ0n) is 8.70. The lowest BCUT2D eigenvalue weighted by Crippen LogP contribution is -1.97. The molecule has 78 valence electrons. The molecule has 1 N–H and O–H groups in total. The highest BCUT2D eigenvalue weighted by Crippen LogP contribution is 2.20. The standard InChI is InChI=1S/C10H15NO3/c1-6(2)10-7(3)11-8(14-10)4-5-9(12)13/h6H,4-5H2,1-3H3,(H,12,13). The lowest BCUT2D eigenvalue weighted by atomic mass is 10.1. The first-order valence-electron chi connectivity index (χ1n) is 4.68. The molecule has 0 spiro atoms. The highest BCUT2D eigenvalue weighted by atomic mass is 16.4. The number of oxazole rings is 1. The smallest absolute Gasteiger partial charge is 0.303 e. The molecule has 0 aromatic carbocycles. The summed E-state index contributed by atoms with van der Waals surface area (Å²) >= 11 is 0. The fraction of sp³-hybridized carbons (Fsp3) is 0.600. The minimum atomic E-state index is -0.827. The van der Waals surface area contributed by atoms with Crippen molar-refractivity contribution < 1.29 is 14.3 Å². The van der Waals surface area contributed by atoms with E-state index in [4.69, 9.17) is 9.52 Å². The largest absolute Gasteiger partial charge is 0.481 e. The van der Waals surface area contributed by atoms with Crippen LogP contribution in [0.1, 0.15) is 43.5 Å². The van der Waals surface area contributed by atoms with Crippen molar-refractivity contribution in [3.63, 3.8) is 0 Å². The molecule has 0 radical (unpaired) electrons.